The van der Waals surface area contributed by atoms with Crippen molar-refractivity contribution in [2.24, 2.45) is 4.99 Å². The number of hydrogen-bond donors (Lipinski definition) is 1. The van der Waals surface area contributed by atoms with Gasteiger partial charge in [-0.25, -0.2) is 4.99 Å². The topological polar surface area (TPSA) is 27.6 Å². The van der Waals surface area contributed by atoms with Gasteiger partial charge in [0.05, 0.1) is 27.8 Å². The molecular weight excluding hydrogens is 353 g/mol. The lowest BCUT2D eigenvalue weighted by atomic mass is 9.87. The van der Waals surface area contributed by atoms with E-state index in [-0.39, 0.29) is 5.41 Å². The first-order valence-electron chi connectivity index (χ1n) is 8.31. The van der Waals surface area contributed by atoms with Crippen LogP contribution in [-0.2, 0) is 5.41 Å². The molecule has 0 saturated heterocycles. The first-order valence-corrected chi connectivity index (χ1v) is 9.07. The molecule has 0 aliphatic rings. The molecule has 0 heterocycles. The van der Waals surface area contributed by atoms with Crippen LogP contribution in [0.5, 0.6) is 0 Å². The van der Waals surface area contributed by atoms with Gasteiger partial charge in [0.25, 0.3) is 0 Å². The first-order chi connectivity index (χ1) is 11.7. The summed E-state index contributed by atoms with van der Waals surface area (Å²) < 4.78 is 0. The van der Waals surface area contributed by atoms with E-state index in [1.54, 1.807) is 18.5 Å². The predicted molar refractivity (Wildman–Crippen MR) is 111 cm³/mol. The molecule has 5 heteroatoms. The summed E-state index contributed by atoms with van der Waals surface area (Å²) >= 11 is 12.7. The fourth-order valence-electron chi connectivity index (χ4n) is 2.18. The molecule has 2 aromatic carbocycles. The minimum atomic E-state index is 0.130. The predicted octanol–water partition coefficient (Wildman–Crippen LogP) is 6.65. The van der Waals surface area contributed by atoms with Gasteiger partial charge < -0.3 is 10.2 Å². The largest absolute Gasteiger partial charge is 0.366 e. The van der Waals surface area contributed by atoms with E-state index in [9.17, 15) is 0 Å². The second-order valence-electron chi connectivity index (χ2n) is 7.05. The molecule has 0 fully saturated rings. The molecule has 2 aromatic rings. The van der Waals surface area contributed by atoms with Crippen LogP contribution in [0, 0.1) is 0 Å². The van der Waals surface area contributed by atoms with E-state index in [1.165, 1.54) is 5.56 Å². The van der Waals surface area contributed by atoms with E-state index in [4.69, 9.17) is 23.2 Å². The van der Waals surface area contributed by atoms with Gasteiger partial charge in [0.1, 0.15) is 0 Å². The molecule has 0 aliphatic heterocycles. The number of halogens is 2. The van der Waals surface area contributed by atoms with E-state index in [1.807, 2.05) is 24.1 Å². The summed E-state index contributed by atoms with van der Waals surface area (Å²) in [6.07, 6.45) is 1.75. The van der Waals surface area contributed by atoms with Crippen molar-refractivity contribution in [3.05, 3.63) is 52.0 Å². The van der Waals surface area contributed by atoms with Crippen LogP contribution in [0.1, 0.15) is 33.3 Å². The van der Waals surface area contributed by atoms with Gasteiger partial charge in [0.2, 0.25) is 0 Å². The summed E-state index contributed by atoms with van der Waals surface area (Å²) in [5.74, 6) is 0. The van der Waals surface area contributed by atoms with Crippen molar-refractivity contribution < 1.29 is 0 Å². The zero-order chi connectivity index (χ0) is 18.6. The lowest BCUT2D eigenvalue weighted by Gasteiger charge is -2.19. The maximum Gasteiger partial charge on any atom is 0.0910 e. The number of anilines is 2. The van der Waals surface area contributed by atoms with Gasteiger partial charge in [-0.2, -0.15) is 0 Å². The molecular formula is C20H25Cl2N3. The highest BCUT2D eigenvalue weighted by molar-refractivity contribution is 6.37. The Balaban J connectivity index is 2.20. The van der Waals surface area contributed by atoms with Crippen molar-refractivity contribution in [2.45, 2.75) is 33.1 Å². The van der Waals surface area contributed by atoms with Gasteiger partial charge in [-0.3, -0.25) is 0 Å². The summed E-state index contributed by atoms with van der Waals surface area (Å²) in [6, 6.07) is 11.9. The zero-order valence-corrected chi connectivity index (χ0v) is 16.9. The summed E-state index contributed by atoms with van der Waals surface area (Å²) in [7, 11) is 1.95. The van der Waals surface area contributed by atoms with Gasteiger partial charge >= 0.3 is 0 Å². The fraction of sp³-hybridized carbons (Fsp3) is 0.350. The van der Waals surface area contributed by atoms with Crippen molar-refractivity contribution in [1.29, 1.82) is 0 Å². The van der Waals surface area contributed by atoms with Crippen LogP contribution in [-0.4, -0.2) is 24.8 Å². The van der Waals surface area contributed by atoms with Crippen LogP contribution in [0.3, 0.4) is 0 Å². The van der Waals surface area contributed by atoms with Crippen molar-refractivity contribution in [3.63, 3.8) is 0 Å². The second kappa shape index (κ2) is 8.11. The molecule has 0 spiro atoms. The smallest absolute Gasteiger partial charge is 0.0910 e. The molecule has 0 bridgehead atoms. The van der Waals surface area contributed by atoms with Gasteiger partial charge in [0, 0.05) is 19.3 Å². The Morgan fingerprint density at radius 2 is 1.72 bits per heavy atom. The van der Waals surface area contributed by atoms with Crippen molar-refractivity contribution in [3.8, 4) is 0 Å². The summed E-state index contributed by atoms with van der Waals surface area (Å²) in [6.45, 7) is 9.52. The average molecular weight is 378 g/mol. The number of aliphatic imine (C=N–C) groups is 1. The third-order valence-corrected chi connectivity index (χ3v) is 4.57. The molecule has 2 rings (SSSR count). The van der Waals surface area contributed by atoms with E-state index in [0.29, 0.717) is 15.7 Å². The molecule has 134 valence electrons. The van der Waals surface area contributed by atoms with Gasteiger partial charge in [0.15, 0.2) is 0 Å². The number of benzene rings is 2. The lowest BCUT2D eigenvalue weighted by molar-refractivity contribution is 0.552. The van der Waals surface area contributed by atoms with E-state index >= 15 is 0 Å². The Labute approximate surface area is 160 Å². The van der Waals surface area contributed by atoms with Crippen LogP contribution < -0.4 is 5.32 Å². The molecule has 0 saturated carbocycles. The SMILES string of the molecule is CCN(C)/C=N\c1cc(Cl)c(Nc2ccc(C(C)(C)C)cc2)cc1Cl. The summed E-state index contributed by atoms with van der Waals surface area (Å²) in [5, 5.41) is 4.45. The zero-order valence-electron chi connectivity index (χ0n) is 15.4. The van der Waals surface area contributed by atoms with E-state index < -0.39 is 0 Å². The van der Waals surface area contributed by atoms with Crippen LogP contribution in [0.2, 0.25) is 10.0 Å². The Kier molecular flexibility index (Phi) is 6.36. The quantitative estimate of drug-likeness (QED) is 0.466. The molecule has 0 aliphatic carbocycles. The monoisotopic (exact) mass is 377 g/mol. The molecule has 0 radical (unpaired) electrons. The number of rotatable bonds is 5. The van der Waals surface area contributed by atoms with Gasteiger partial charge in [-0.15, -0.1) is 0 Å². The first kappa shape index (κ1) is 19.6. The highest BCUT2D eigenvalue weighted by Gasteiger charge is 2.13. The number of hydrogen-bond acceptors (Lipinski definition) is 2. The molecule has 1 N–H and O–H groups in total. The fourth-order valence-corrected chi connectivity index (χ4v) is 2.60. The molecule has 0 aromatic heterocycles. The maximum atomic E-state index is 6.40. The summed E-state index contributed by atoms with van der Waals surface area (Å²) in [5.41, 5.74) is 3.79. The van der Waals surface area contributed by atoms with Crippen LogP contribution >= 0.6 is 23.2 Å². The molecule has 0 amide bonds. The number of nitrogens with zero attached hydrogens (tertiary/aromatic N) is 2. The van der Waals surface area contributed by atoms with Crippen LogP contribution in [0.4, 0.5) is 17.1 Å². The number of nitrogens with one attached hydrogen (secondary N) is 1. The highest BCUT2D eigenvalue weighted by atomic mass is 35.5. The Hall–Kier alpha value is -1.71. The third-order valence-electron chi connectivity index (χ3n) is 3.96. The minimum absolute atomic E-state index is 0.130. The highest BCUT2D eigenvalue weighted by Crippen LogP contribution is 2.36. The normalized spacial score (nSPS) is 11.8. The third kappa shape index (κ3) is 5.38. The summed E-state index contributed by atoms with van der Waals surface area (Å²) in [4.78, 5) is 6.35. The van der Waals surface area contributed by atoms with Gasteiger partial charge in [-0.05, 0) is 42.2 Å². The van der Waals surface area contributed by atoms with Crippen molar-refractivity contribution in [2.75, 3.05) is 18.9 Å². The van der Waals surface area contributed by atoms with Crippen molar-refractivity contribution in [1.82, 2.24) is 4.90 Å². The van der Waals surface area contributed by atoms with Crippen LogP contribution in [0.15, 0.2) is 41.4 Å². The van der Waals surface area contributed by atoms with E-state index in [0.717, 1.165) is 17.9 Å². The standard InChI is InChI=1S/C20H25Cl2N3/c1-6-25(5)13-23-18-11-17(22)19(12-16(18)21)24-15-9-7-14(8-10-15)20(2,3)4/h7-13,24H,6H2,1-5H3/b23-13-. The Morgan fingerprint density at radius 3 is 2.28 bits per heavy atom. The molecule has 3 nitrogen and oxygen atoms in total. The van der Waals surface area contributed by atoms with Gasteiger partial charge in [-0.1, -0.05) is 56.1 Å². The molecule has 0 atom stereocenters. The Morgan fingerprint density at radius 1 is 1.08 bits per heavy atom. The van der Waals surface area contributed by atoms with Crippen molar-refractivity contribution >= 4 is 46.6 Å². The lowest BCUT2D eigenvalue weighted by Crippen LogP contribution is -2.14. The van der Waals surface area contributed by atoms with E-state index in [2.05, 4.69) is 50.1 Å². The molecule has 0 unspecified atom stereocenters. The maximum absolute atomic E-state index is 6.40. The minimum Gasteiger partial charge on any atom is -0.366 e. The van der Waals surface area contributed by atoms with Crippen LogP contribution in [0.25, 0.3) is 0 Å². The average Bonchev–Trinajstić information content (AvgIpc) is 2.56. The molecule has 25 heavy (non-hydrogen) atoms. The Bertz CT molecular complexity index is 747. The second-order valence-corrected chi connectivity index (χ2v) is 7.87.